The van der Waals surface area contributed by atoms with E-state index in [1.807, 2.05) is 11.8 Å². The Morgan fingerprint density at radius 3 is 2.59 bits per heavy atom. The molecule has 0 unspecified atom stereocenters. The molecule has 1 N–H and O–H groups in total. The molecule has 1 aliphatic rings. The van der Waals surface area contributed by atoms with Crippen molar-refractivity contribution >= 4 is 15.9 Å². The van der Waals surface area contributed by atoms with E-state index in [1.54, 1.807) is 24.3 Å². The minimum atomic E-state index is -3.45. The smallest absolute Gasteiger partial charge is 0.240 e. The molecule has 0 aromatic heterocycles. The van der Waals surface area contributed by atoms with Crippen LogP contribution in [0.25, 0.3) is 0 Å². The first-order valence-corrected chi connectivity index (χ1v) is 9.31. The predicted octanol–water partition coefficient (Wildman–Crippen LogP) is 2.07. The van der Waals surface area contributed by atoms with Gasteiger partial charge in [-0.15, -0.1) is 0 Å². The number of hydrogen-bond acceptors (Lipinski definition) is 3. The third-order valence-corrected chi connectivity index (χ3v) is 5.38. The SMILES string of the molecule is Cc1ccc(S(=O)(=O)NCCCN2CCCCCC2=O)cc1. The molecule has 0 aliphatic carbocycles. The molecule has 0 spiro atoms. The van der Waals surface area contributed by atoms with Crippen LogP contribution in [-0.2, 0) is 14.8 Å². The van der Waals surface area contributed by atoms with Crippen LogP contribution < -0.4 is 4.72 Å². The van der Waals surface area contributed by atoms with Crippen LogP contribution in [-0.4, -0.2) is 38.9 Å². The second-order valence-corrected chi connectivity index (χ2v) is 7.52. The number of rotatable bonds is 6. The third-order valence-electron chi connectivity index (χ3n) is 3.90. The van der Waals surface area contributed by atoms with Gasteiger partial charge >= 0.3 is 0 Å². The Labute approximate surface area is 132 Å². The summed E-state index contributed by atoms with van der Waals surface area (Å²) in [5, 5.41) is 0. The van der Waals surface area contributed by atoms with Crippen LogP contribution in [0.2, 0.25) is 0 Å². The summed E-state index contributed by atoms with van der Waals surface area (Å²) in [6.07, 6.45) is 4.37. The lowest BCUT2D eigenvalue weighted by molar-refractivity contribution is -0.130. The summed E-state index contributed by atoms with van der Waals surface area (Å²) in [5.41, 5.74) is 1.03. The lowest BCUT2D eigenvalue weighted by Crippen LogP contribution is -2.34. The van der Waals surface area contributed by atoms with Crippen LogP contribution in [0.1, 0.15) is 37.7 Å². The first kappa shape index (κ1) is 17.0. The molecule has 1 saturated heterocycles. The van der Waals surface area contributed by atoms with E-state index < -0.39 is 10.0 Å². The summed E-state index contributed by atoms with van der Waals surface area (Å²) in [6.45, 7) is 3.68. The van der Waals surface area contributed by atoms with Gasteiger partial charge in [0.25, 0.3) is 0 Å². The Bertz CT molecular complexity index is 596. The van der Waals surface area contributed by atoms with E-state index in [9.17, 15) is 13.2 Å². The molecule has 1 amide bonds. The summed E-state index contributed by atoms with van der Waals surface area (Å²) < 4.78 is 26.8. The summed E-state index contributed by atoms with van der Waals surface area (Å²) in [6, 6.07) is 6.78. The monoisotopic (exact) mass is 324 g/mol. The minimum Gasteiger partial charge on any atom is -0.343 e. The number of benzene rings is 1. The molecule has 1 aromatic rings. The number of nitrogens with zero attached hydrogens (tertiary/aromatic N) is 1. The van der Waals surface area contributed by atoms with E-state index in [0.717, 1.165) is 31.4 Å². The number of sulfonamides is 1. The van der Waals surface area contributed by atoms with Crippen LogP contribution in [0.5, 0.6) is 0 Å². The van der Waals surface area contributed by atoms with Gasteiger partial charge in [-0.3, -0.25) is 4.79 Å². The highest BCUT2D eigenvalue weighted by Gasteiger charge is 2.17. The maximum Gasteiger partial charge on any atom is 0.240 e. The molecule has 5 nitrogen and oxygen atoms in total. The zero-order valence-electron chi connectivity index (χ0n) is 13.0. The summed E-state index contributed by atoms with van der Waals surface area (Å²) >= 11 is 0. The van der Waals surface area contributed by atoms with Gasteiger partial charge in [0, 0.05) is 26.1 Å². The molecule has 2 rings (SSSR count). The molecule has 0 saturated carbocycles. The van der Waals surface area contributed by atoms with Crippen molar-refractivity contribution in [1.29, 1.82) is 0 Å². The zero-order valence-corrected chi connectivity index (χ0v) is 13.9. The van der Waals surface area contributed by atoms with Crippen LogP contribution in [0.15, 0.2) is 29.2 Å². The Morgan fingerprint density at radius 1 is 1.14 bits per heavy atom. The lowest BCUT2D eigenvalue weighted by Gasteiger charge is -2.20. The van der Waals surface area contributed by atoms with E-state index in [2.05, 4.69) is 4.72 Å². The van der Waals surface area contributed by atoms with Gasteiger partial charge in [0.05, 0.1) is 4.90 Å². The molecule has 0 bridgehead atoms. The molecule has 122 valence electrons. The third kappa shape index (κ3) is 4.81. The van der Waals surface area contributed by atoms with Gasteiger partial charge in [0.1, 0.15) is 0 Å². The number of carbonyl (C=O) groups excluding carboxylic acids is 1. The highest BCUT2D eigenvalue weighted by atomic mass is 32.2. The van der Waals surface area contributed by atoms with E-state index in [1.165, 1.54) is 0 Å². The van der Waals surface area contributed by atoms with E-state index in [0.29, 0.717) is 25.9 Å². The molecule has 1 fully saturated rings. The number of carbonyl (C=O) groups is 1. The van der Waals surface area contributed by atoms with Gasteiger partial charge in [-0.25, -0.2) is 13.1 Å². The first-order valence-electron chi connectivity index (χ1n) is 7.83. The normalized spacial score (nSPS) is 16.6. The van der Waals surface area contributed by atoms with Gasteiger partial charge in [-0.2, -0.15) is 0 Å². The predicted molar refractivity (Wildman–Crippen MR) is 86.0 cm³/mol. The average molecular weight is 324 g/mol. The largest absolute Gasteiger partial charge is 0.343 e. The molecule has 1 aliphatic heterocycles. The van der Waals surface area contributed by atoms with Crippen LogP contribution >= 0.6 is 0 Å². The zero-order chi connectivity index (χ0) is 16.0. The van der Waals surface area contributed by atoms with Crippen molar-refractivity contribution in [2.24, 2.45) is 0 Å². The van der Waals surface area contributed by atoms with Gasteiger partial charge < -0.3 is 4.90 Å². The summed E-state index contributed by atoms with van der Waals surface area (Å²) in [5.74, 6) is 0.193. The molecule has 22 heavy (non-hydrogen) atoms. The Balaban J connectivity index is 1.80. The molecule has 1 aromatic carbocycles. The second-order valence-electron chi connectivity index (χ2n) is 5.76. The first-order chi connectivity index (χ1) is 10.5. The maximum atomic E-state index is 12.1. The fourth-order valence-electron chi connectivity index (χ4n) is 2.55. The fourth-order valence-corrected chi connectivity index (χ4v) is 3.63. The van der Waals surface area contributed by atoms with Crippen molar-refractivity contribution in [3.05, 3.63) is 29.8 Å². The summed E-state index contributed by atoms with van der Waals surface area (Å²) in [4.78, 5) is 14.0. The number of aryl methyl sites for hydroxylation is 1. The van der Waals surface area contributed by atoms with E-state index >= 15 is 0 Å². The van der Waals surface area contributed by atoms with Crippen molar-refractivity contribution in [3.8, 4) is 0 Å². The molecule has 1 heterocycles. The molecule has 0 radical (unpaired) electrons. The molecular formula is C16H24N2O3S. The maximum absolute atomic E-state index is 12.1. The molecule has 0 atom stereocenters. The Morgan fingerprint density at radius 2 is 1.86 bits per heavy atom. The number of amides is 1. The number of hydrogen-bond donors (Lipinski definition) is 1. The Kier molecular flexibility index (Phi) is 5.97. The van der Waals surface area contributed by atoms with Gasteiger partial charge in [0.15, 0.2) is 0 Å². The van der Waals surface area contributed by atoms with Crippen molar-refractivity contribution in [1.82, 2.24) is 9.62 Å². The Hall–Kier alpha value is -1.40. The molecule has 6 heteroatoms. The topological polar surface area (TPSA) is 66.5 Å². The second kappa shape index (κ2) is 7.74. The van der Waals surface area contributed by atoms with Crippen molar-refractivity contribution in [2.45, 2.75) is 43.9 Å². The van der Waals surface area contributed by atoms with Gasteiger partial charge in [-0.05, 0) is 38.3 Å². The van der Waals surface area contributed by atoms with Crippen molar-refractivity contribution in [2.75, 3.05) is 19.6 Å². The number of likely N-dealkylation sites (tertiary alicyclic amines) is 1. The van der Waals surface area contributed by atoms with Crippen LogP contribution in [0.3, 0.4) is 0 Å². The highest BCUT2D eigenvalue weighted by molar-refractivity contribution is 7.89. The van der Waals surface area contributed by atoms with Crippen molar-refractivity contribution < 1.29 is 13.2 Å². The van der Waals surface area contributed by atoms with Crippen LogP contribution in [0, 0.1) is 6.92 Å². The quantitative estimate of drug-likeness (QED) is 0.815. The standard InChI is InChI=1S/C16H24N2O3S/c1-14-7-9-15(10-8-14)22(20,21)17-11-5-13-18-12-4-2-3-6-16(18)19/h7-10,17H,2-6,11-13H2,1H3. The highest BCUT2D eigenvalue weighted by Crippen LogP contribution is 2.12. The van der Waals surface area contributed by atoms with Gasteiger partial charge in [0.2, 0.25) is 15.9 Å². The minimum absolute atomic E-state index is 0.193. The van der Waals surface area contributed by atoms with E-state index in [4.69, 9.17) is 0 Å². The van der Waals surface area contributed by atoms with Crippen LogP contribution in [0.4, 0.5) is 0 Å². The fraction of sp³-hybridized carbons (Fsp3) is 0.562. The van der Waals surface area contributed by atoms with Gasteiger partial charge in [-0.1, -0.05) is 24.1 Å². The lowest BCUT2D eigenvalue weighted by atomic mass is 10.2. The molecular weight excluding hydrogens is 300 g/mol. The van der Waals surface area contributed by atoms with E-state index in [-0.39, 0.29) is 10.8 Å². The van der Waals surface area contributed by atoms with Crippen molar-refractivity contribution in [3.63, 3.8) is 0 Å². The average Bonchev–Trinajstić information content (AvgIpc) is 2.69. The number of nitrogens with one attached hydrogen (secondary N) is 1. The summed E-state index contributed by atoms with van der Waals surface area (Å²) in [7, 11) is -3.45.